The van der Waals surface area contributed by atoms with Gasteiger partial charge in [0, 0.05) is 25.5 Å². The van der Waals surface area contributed by atoms with E-state index in [1.165, 1.54) is 9.42 Å². The van der Waals surface area contributed by atoms with E-state index >= 15 is 0 Å². The summed E-state index contributed by atoms with van der Waals surface area (Å²) in [6.07, 6.45) is 2.18. The van der Waals surface area contributed by atoms with Gasteiger partial charge < -0.3 is 19.1 Å². The molecule has 2 aromatic heterocycles. The van der Waals surface area contributed by atoms with Gasteiger partial charge in [0.2, 0.25) is 0 Å². The molecular weight excluding hydrogens is 390 g/mol. The molecule has 0 aliphatic heterocycles. The zero-order valence-electron chi connectivity index (χ0n) is 17.3. The monoisotopic (exact) mass is 413 g/mol. The quantitative estimate of drug-likeness (QED) is 0.509. The van der Waals surface area contributed by atoms with E-state index in [-0.39, 0.29) is 11.7 Å². The van der Waals surface area contributed by atoms with Crippen molar-refractivity contribution in [1.29, 1.82) is 0 Å². The third kappa shape index (κ3) is 4.65. The first-order valence-corrected chi connectivity index (χ1v) is 9.23. The molecule has 0 aliphatic rings. The van der Waals surface area contributed by atoms with Crippen LogP contribution in [0, 0.1) is 6.92 Å². The molecule has 10 nitrogen and oxygen atoms in total. The molecule has 3 rings (SSSR count). The Morgan fingerprint density at radius 2 is 1.90 bits per heavy atom. The van der Waals surface area contributed by atoms with Crippen molar-refractivity contribution >= 4 is 17.7 Å². The summed E-state index contributed by atoms with van der Waals surface area (Å²) >= 11 is 0. The van der Waals surface area contributed by atoms with Crippen LogP contribution in [-0.4, -0.2) is 70.8 Å². The lowest BCUT2D eigenvalue weighted by Crippen LogP contribution is -2.33. The van der Waals surface area contributed by atoms with Crippen LogP contribution < -0.4 is 9.47 Å². The maximum absolute atomic E-state index is 12.3. The number of esters is 1. The average Bonchev–Trinajstić information content (AvgIpc) is 3.21. The summed E-state index contributed by atoms with van der Waals surface area (Å²) < 4.78 is 17.0. The summed E-state index contributed by atoms with van der Waals surface area (Å²) in [6, 6.07) is 7.33. The lowest BCUT2D eigenvalue weighted by molar-refractivity contribution is -0.133. The van der Waals surface area contributed by atoms with Crippen LogP contribution in [0.3, 0.4) is 0 Å². The van der Waals surface area contributed by atoms with Gasteiger partial charge >= 0.3 is 5.97 Å². The number of carbonyl (C=O) groups excluding carboxylic acids is 2. The van der Waals surface area contributed by atoms with Crippen molar-refractivity contribution in [3.8, 4) is 11.5 Å². The second-order valence-electron chi connectivity index (χ2n) is 6.56. The van der Waals surface area contributed by atoms with Crippen molar-refractivity contribution in [1.82, 2.24) is 24.5 Å². The lowest BCUT2D eigenvalue weighted by Gasteiger charge is -2.17. The van der Waals surface area contributed by atoms with Crippen LogP contribution >= 0.6 is 0 Å². The number of amides is 1. The first-order chi connectivity index (χ1) is 14.4. The van der Waals surface area contributed by atoms with Gasteiger partial charge in [-0.15, -0.1) is 5.10 Å². The number of rotatable bonds is 8. The van der Waals surface area contributed by atoms with Gasteiger partial charge in [-0.25, -0.2) is 14.3 Å². The van der Waals surface area contributed by atoms with E-state index in [1.807, 2.05) is 25.1 Å². The van der Waals surface area contributed by atoms with Gasteiger partial charge in [-0.3, -0.25) is 4.79 Å². The fraction of sp³-hybridized carbons (Fsp3) is 0.350. The molecule has 1 aromatic carbocycles. The smallest absolute Gasteiger partial charge is 0.378 e. The molecule has 0 saturated heterocycles. The Labute approximate surface area is 173 Å². The molecule has 0 radical (unpaired) electrons. The second kappa shape index (κ2) is 9.21. The topological polar surface area (TPSA) is 108 Å². The van der Waals surface area contributed by atoms with Crippen molar-refractivity contribution in [2.45, 2.75) is 13.3 Å². The molecule has 0 unspecified atom stereocenters. The number of aryl methyl sites for hydroxylation is 1. The van der Waals surface area contributed by atoms with Gasteiger partial charge in [0.25, 0.3) is 17.5 Å². The highest BCUT2D eigenvalue weighted by Gasteiger charge is 2.18. The first kappa shape index (κ1) is 21.0. The minimum atomic E-state index is -0.776. The van der Waals surface area contributed by atoms with Gasteiger partial charge in [-0.05, 0) is 37.1 Å². The summed E-state index contributed by atoms with van der Waals surface area (Å²) in [5.41, 5.74) is 1.76. The van der Waals surface area contributed by atoms with E-state index < -0.39 is 12.6 Å². The number of benzene rings is 1. The SMILES string of the molecule is COc1ccc(CCN(C)C(=O)COC(=O)c2nc3nccc(C)n3n2)cc1OC. The minimum Gasteiger partial charge on any atom is -0.493 e. The van der Waals surface area contributed by atoms with E-state index in [9.17, 15) is 9.59 Å². The van der Waals surface area contributed by atoms with E-state index in [0.717, 1.165) is 11.3 Å². The maximum atomic E-state index is 12.3. The molecule has 0 saturated carbocycles. The number of hydrogen-bond acceptors (Lipinski definition) is 8. The van der Waals surface area contributed by atoms with Crippen molar-refractivity contribution in [2.75, 3.05) is 34.4 Å². The van der Waals surface area contributed by atoms with Gasteiger partial charge in [0.1, 0.15) is 0 Å². The van der Waals surface area contributed by atoms with Crippen LogP contribution in [0.2, 0.25) is 0 Å². The maximum Gasteiger partial charge on any atom is 0.378 e. The molecule has 0 bridgehead atoms. The number of ether oxygens (including phenoxy) is 3. The molecule has 1 amide bonds. The largest absolute Gasteiger partial charge is 0.493 e. The highest BCUT2D eigenvalue weighted by Crippen LogP contribution is 2.27. The van der Waals surface area contributed by atoms with E-state index in [0.29, 0.717) is 30.2 Å². The highest BCUT2D eigenvalue weighted by molar-refractivity contribution is 5.88. The molecule has 3 aromatic rings. The zero-order chi connectivity index (χ0) is 21.7. The van der Waals surface area contributed by atoms with E-state index in [2.05, 4.69) is 15.1 Å². The molecule has 0 spiro atoms. The molecule has 30 heavy (non-hydrogen) atoms. The standard InChI is InChI=1S/C20H23N5O5/c1-13-7-9-21-20-22-18(23-25(13)20)19(27)30-12-17(26)24(2)10-8-14-5-6-15(28-3)16(11-14)29-4/h5-7,9,11H,8,10,12H2,1-4H3. The number of methoxy groups -OCH3 is 2. The number of aromatic nitrogens is 4. The Morgan fingerprint density at radius 3 is 2.60 bits per heavy atom. The fourth-order valence-electron chi connectivity index (χ4n) is 2.75. The highest BCUT2D eigenvalue weighted by atomic mass is 16.5. The van der Waals surface area contributed by atoms with Crippen molar-refractivity contribution in [2.24, 2.45) is 0 Å². The number of carbonyl (C=O) groups is 2. The summed E-state index contributed by atoms with van der Waals surface area (Å²) in [7, 11) is 4.79. The molecule has 0 aliphatic carbocycles. The van der Waals surface area contributed by atoms with Crippen LogP contribution in [0.15, 0.2) is 30.5 Å². The molecule has 0 atom stereocenters. The molecule has 0 N–H and O–H groups in total. The Bertz CT molecular complexity index is 1060. The normalized spacial score (nSPS) is 10.7. The van der Waals surface area contributed by atoms with E-state index in [1.54, 1.807) is 33.5 Å². The van der Waals surface area contributed by atoms with Crippen molar-refractivity contribution < 1.29 is 23.8 Å². The van der Waals surface area contributed by atoms with Crippen molar-refractivity contribution in [3.05, 3.63) is 47.5 Å². The average molecular weight is 413 g/mol. The Morgan fingerprint density at radius 1 is 1.13 bits per heavy atom. The third-order valence-electron chi connectivity index (χ3n) is 4.55. The van der Waals surface area contributed by atoms with Gasteiger partial charge in [0.15, 0.2) is 18.1 Å². The third-order valence-corrected chi connectivity index (χ3v) is 4.55. The van der Waals surface area contributed by atoms with Gasteiger partial charge in [0.05, 0.1) is 14.2 Å². The first-order valence-electron chi connectivity index (χ1n) is 9.23. The number of nitrogens with zero attached hydrogens (tertiary/aromatic N) is 5. The molecule has 10 heteroatoms. The molecular formula is C20H23N5O5. The van der Waals surface area contributed by atoms with Gasteiger partial charge in [-0.1, -0.05) is 6.07 Å². The van der Waals surface area contributed by atoms with Crippen LogP contribution in [0.1, 0.15) is 21.9 Å². The van der Waals surface area contributed by atoms with Crippen molar-refractivity contribution in [3.63, 3.8) is 0 Å². The summed E-state index contributed by atoms with van der Waals surface area (Å²) in [5.74, 6) is 0.312. The summed E-state index contributed by atoms with van der Waals surface area (Å²) in [4.78, 5) is 34.0. The Balaban J connectivity index is 1.52. The second-order valence-corrected chi connectivity index (χ2v) is 6.56. The van der Waals surface area contributed by atoms with Crippen LogP contribution in [0.4, 0.5) is 0 Å². The number of hydrogen-bond donors (Lipinski definition) is 0. The predicted molar refractivity (Wildman–Crippen MR) is 107 cm³/mol. The predicted octanol–water partition coefficient (Wildman–Crippen LogP) is 1.31. The number of fused-ring (bicyclic) bond motifs is 1. The Hall–Kier alpha value is -3.69. The molecule has 158 valence electrons. The summed E-state index contributed by atoms with van der Waals surface area (Å²) in [5, 5.41) is 4.06. The summed E-state index contributed by atoms with van der Waals surface area (Å²) in [6.45, 7) is 1.86. The minimum absolute atomic E-state index is 0.141. The number of likely N-dealkylation sites (N-methyl/N-ethyl adjacent to an activating group) is 1. The van der Waals surface area contributed by atoms with Gasteiger partial charge in [-0.2, -0.15) is 4.98 Å². The molecule has 0 fully saturated rings. The van der Waals surface area contributed by atoms with Crippen LogP contribution in [0.5, 0.6) is 11.5 Å². The van der Waals surface area contributed by atoms with Crippen LogP contribution in [0.25, 0.3) is 5.78 Å². The zero-order valence-corrected chi connectivity index (χ0v) is 17.3. The van der Waals surface area contributed by atoms with Crippen LogP contribution in [-0.2, 0) is 16.0 Å². The lowest BCUT2D eigenvalue weighted by atomic mass is 10.1. The fourth-order valence-corrected chi connectivity index (χ4v) is 2.75. The molecule has 2 heterocycles. The van der Waals surface area contributed by atoms with E-state index in [4.69, 9.17) is 14.2 Å². The Kier molecular flexibility index (Phi) is 6.45.